The summed E-state index contributed by atoms with van der Waals surface area (Å²) in [5.74, 6) is 0.530. The third-order valence-corrected chi connectivity index (χ3v) is 5.60. The Bertz CT molecular complexity index is 1230. The Morgan fingerprint density at radius 3 is 2.66 bits per heavy atom. The molecule has 166 valence electrons. The summed E-state index contributed by atoms with van der Waals surface area (Å²) in [5, 5.41) is 34.2. The second-order valence-electron chi connectivity index (χ2n) is 7.71. The Hall–Kier alpha value is -3.38. The van der Waals surface area contributed by atoms with Gasteiger partial charge in [-0.2, -0.15) is 5.10 Å². The standard InChI is InChI=1S/C21H23N7O4/c22-18-15-20(28(11-23-15)21-17(31)16(30)14(10-29)32-21)26-19(25-18)13-8-24-27(9-13)7-6-12-4-2-1-3-5-12/h1-5,8-9,11,14,16-17,21,29-31H,6-7,10H2,(H2,22,25,26)/t14-,16-,17-,21?/m0/s1. The van der Waals surface area contributed by atoms with Crippen LogP contribution in [-0.4, -0.2) is 69.5 Å². The van der Waals surface area contributed by atoms with Crippen molar-refractivity contribution in [2.45, 2.75) is 37.5 Å². The van der Waals surface area contributed by atoms with Gasteiger partial charge in [-0.25, -0.2) is 15.0 Å². The van der Waals surface area contributed by atoms with E-state index in [-0.39, 0.29) is 5.82 Å². The van der Waals surface area contributed by atoms with E-state index in [4.69, 9.17) is 10.5 Å². The highest BCUT2D eigenvalue weighted by atomic mass is 16.6. The summed E-state index contributed by atoms with van der Waals surface area (Å²) in [7, 11) is 0. The van der Waals surface area contributed by atoms with Gasteiger partial charge in [0.1, 0.15) is 23.8 Å². The highest BCUT2D eigenvalue weighted by molar-refractivity contribution is 5.83. The van der Waals surface area contributed by atoms with Crippen LogP contribution in [0, 0.1) is 0 Å². The number of aryl methyl sites for hydroxylation is 2. The number of anilines is 1. The number of aromatic nitrogens is 6. The van der Waals surface area contributed by atoms with Gasteiger partial charge in [0.2, 0.25) is 0 Å². The Morgan fingerprint density at radius 2 is 1.91 bits per heavy atom. The Kier molecular flexibility index (Phi) is 5.31. The summed E-state index contributed by atoms with van der Waals surface area (Å²) >= 11 is 0. The van der Waals surface area contributed by atoms with Crippen LogP contribution in [0.4, 0.5) is 5.82 Å². The van der Waals surface area contributed by atoms with Crippen molar-refractivity contribution in [3.8, 4) is 11.4 Å². The van der Waals surface area contributed by atoms with Crippen LogP contribution in [0.5, 0.6) is 0 Å². The lowest BCUT2D eigenvalue weighted by molar-refractivity contribution is -0.0511. The first kappa shape index (κ1) is 20.5. The Morgan fingerprint density at radius 1 is 1.09 bits per heavy atom. The van der Waals surface area contributed by atoms with Crippen LogP contribution < -0.4 is 5.73 Å². The van der Waals surface area contributed by atoms with E-state index in [0.29, 0.717) is 29.1 Å². The SMILES string of the molecule is Nc1nc(-c2cnn(CCc3ccccc3)c2)nc2c1ncn2C1O[C@@H](CO)[C@H](O)[C@@H]1O. The average Bonchev–Trinajstić information content (AvgIpc) is 3.52. The summed E-state index contributed by atoms with van der Waals surface area (Å²) < 4.78 is 8.91. The molecule has 0 bridgehead atoms. The minimum atomic E-state index is -1.26. The summed E-state index contributed by atoms with van der Waals surface area (Å²) in [6, 6.07) is 10.1. The van der Waals surface area contributed by atoms with Crippen molar-refractivity contribution in [3.63, 3.8) is 0 Å². The number of rotatable bonds is 6. The van der Waals surface area contributed by atoms with Crippen LogP contribution in [0.1, 0.15) is 11.8 Å². The van der Waals surface area contributed by atoms with Crippen molar-refractivity contribution in [3.05, 3.63) is 54.6 Å². The molecule has 5 N–H and O–H groups in total. The number of aliphatic hydroxyl groups excluding tert-OH is 3. The van der Waals surface area contributed by atoms with Gasteiger partial charge < -0.3 is 25.8 Å². The lowest BCUT2D eigenvalue weighted by Gasteiger charge is -2.16. The van der Waals surface area contributed by atoms with Crippen molar-refractivity contribution in [2.24, 2.45) is 0 Å². The third kappa shape index (κ3) is 3.60. The van der Waals surface area contributed by atoms with E-state index in [1.165, 1.54) is 16.5 Å². The molecule has 1 fully saturated rings. The zero-order chi connectivity index (χ0) is 22.2. The largest absolute Gasteiger partial charge is 0.394 e. The van der Waals surface area contributed by atoms with E-state index in [0.717, 1.165) is 6.42 Å². The highest BCUT2D eigenvalue weighted by Crippen LogP contribution is 2.32. The Balaban J connectivity index is 1.43. The van der Waals surface area contributed by atoms with Gasteiger partial charge >= 0.3 is 0 Å². The number of ether oxygens (including phenoxy) is 1. The molecule has 0 saturated carbocycles. The summed E-state index contributed by atoms with van der Waals surface area (Å²) in [6.45, 7) is 0.272. The number of hydrogen-bond acceptors (Lipinski definition) is 9. The molecule has 5 rings (SSSR count). The minimum absolute atomic E-state index is 0.174. The average molecular weight is 437 g/mol. The van der Waals surface area contributed by atoms with E-state index in [1.807, 2.05) is 29.1 Å². The van der Waals surface area contributed by atoms with Crippen LogP contribution in [0.25, 0.3) is 22.6 Å². The van der Waals surface area contributed by atoms with Gasteiger partial charge in [-0.15, -0.1) is 0 Å². The van der Waals surface area contributed by atoms with Crippen LogP contribution >= 0.6 is 0 Å². The van der Waals surface area contributed by atoms with Crippen LogP contribution in [-0.2, 0) is 17.7 Å². The lowest BCUT2D eigenvalue weighted by atomic mass is 10.1. The van der Waals surface area contributed by atoms with Gasteiger partial charge in [-0.1, -0.05) is 30.3 Å². The number of imidazole rings is 1. The quantitative estimate of drug-likeness (QED) is 0.329. The maximum atomic E-state index is 10.4. The van der Waals surface area contributed by atoms with Crippen LogP contribution in [0.15, 0.2) is 49.1 Å². The number of nitrogen functional groups attached to an aromatic ring is 1. The second-order valence-corrected chi connectivity index (χ2v) is 7.71. The van der Waals surface area contributed by atoms with Crippen molar-refractivity contribution in [2.75, 3.05) is 12.3 Å². The topological polar surface area (TPSA) is 157 Å². The van der Waals surface area contributed by atoms with Crippen LogP contribution in [0.3, 0.4) is 0 Å². The third-order valence-electron chi connectivity index (χ3n) is 5.60. The van der Waals surface area contributed by atoms with E-state index >= 15 is 0 Å². The maximum Gasteiger partial charge on any atom is 0.168 e. The molecule has 1 aromatic carbocycles. The summed E-state index contributed by atoms with van der Waals surface area (Å²) in [6.07, 6.45) is 1.39. The molecule has 4 aromatic rings. The minimum Gasteiger partial charge on any atom is -0.394 e. The molecule has 1 aliphatic heterocycles. The van der Waals surface area contributed by atoms with Gasteiger partial charge in [0.05, 0.1) is 24.7 Å². The van der Waals surface area contributed by atoms with Crippen molar-refractivity contribution < 1.29 is 20.1 Å². The van der Waals surface area contributed by atoms with Gasteiger partial charge in [-0.05, 0) is 12.0 Å². The molecule has 0 spiro atoms. The first-order valence-corrected chi connectivity index (χ1v) is 10.2. The molecule has 0 radical (unpaired) electrons. The summed E-state index contributed by atoms with van der Waals surface area (Å²) in [5.41, 5.74) is 8.71. The smallest absolute Gasteiger partial charge is 0.168 e. The lowest BCUT2D eigenvalue weighted by Crippen LogP contribution is -2.33. The molecule has 1 unspecified atom stereocenters. The van der Waals surface area contributed by atoms with Gasteiger partial charge in [-0.3, -0.25) is 9.25 Å². The van der Waals surface area contributed by atoms with Gasteiger partial charge in [0.25, 0.3) is 0 Å². The molecule has 11 heteroatoms. The molecule has 4 atom stereocenters. The first-order chi connectivity index (χ1) is 15.5. The zero-order valence-electron chi connectivity index (χ0n) is 17.1. The molecule has 3 aromatic heterocycles. The highest BCUT2D eigenvalue weighted by Gasteiger charge is 2.44. The fourth-order valence-electron chi connectivity index (χ4n) is 3.85. The number of benzene rings is 1. The number of nitrogens with zero attached hydrogens (tertiary/aromatic N) is 6. The van der Waals surface area contributed by atoms with Gasteiger partial charge in [0, 0.05) is 12.7 Å². The van der Waals surface area contributed by atoms with Crippen LogP contribution in [0.2, 0.25) is 0 Å². The molecular formula is C21H23N7O4. The Labute approximate surface area is 182 Å². The number of hydrogen-bond donors (Lipinski definition) is 4. The molecule has 32 heavy (non-hydrogen) atoms. The number of fused-ring (bicyclic) bond motifs is 1. The fourth-order valence-corrected chi connectivity index (χ4v) is 3.85. The van der Waals surface area contributed by atoms with Gasteiger partial charge in [0.15, 0.2) is 23.5 Å². The van der Waals surface area contributed by atoms with E-state index < -0.39 is 31.1 Å². The predicted molar refractivity (Wildman–Crippen MR) is 114 cm³/mol. The molecule has 0 amide bonds. The number of nitrogens with two attached hydrogens (primary N) is 1. The summed E-state index contributed by atoms with van der Waals surface area (Å²) in [4.78, 5) is 13.2. The van der Waals surface area contributed by atoms with Crippen molar-refractivity contribution in [1.82, 2.24) is 29.3 Å². The first-order valence-electron chi connectivity index (χ1n) is 10.2. The molecule has 4 heterocycles. The normalized spacial score (nSPS) is 23.2. The number of aliphatic hydroxyl groups is 3. The molecule has 1 aliphatic rings. The monoisotopic (exact) mass is 437 g/mol. The zero-order valence-corrected chi connectivity index (χ0v) is 17.1. The van der Waals surface area contributed by atoms with Crippen molar-refractivity contribution in [1.29, 1.82) is 0 Å². The second kappa shape index (κ2) is 8.28. The molecule has 1 saturated heterocycles. The van der Waals surface area contributed by atoms with E-state index in [9.17, 15) is 15.3 Å². The molecular weight excluding hydrogens is 414 g/mol. The molecule has 11 nitrogen and oxygen atoms in total. The van der Waals surface area contributed by atoms with E-state index in [1.54, 1.807) is 6.20 Å². The van der Waals surface area contributed by atoms with E-state index in [2.05, 4.69) is 32.2 Å². The fraction of sp³-hybridized carbons (Fsp3) is 0.333. The predicted octanol–water partition coefficient (Wildman–Crippen LogP) is 0.126. The maximum absolute atomic E-state index is 10.4. The van der Waals surface area contributed by atoms with Crippen molar-refractivity contribution >= 4 is 17.0 Å². The molecule has 0 aliphatic carbocycles.